The lowest BCUT2D eigenvalue weighted by molar-refractivity contribution is -0.129. The Bertz CT molecular complexity index is 1270. The van der Waals surface area contributed by atoms with E-state index in [1.54, 1.807) is 18.2 Å². The van der Waals surface area contributed by atoms with E-state index in [-0.39, 0.29) is 11.6 Å². The van der Waals surface area contributed by atoms with Gasteiger partial charge in [-0.2, -0.15) is 0 Å². The van der Waals surface area contributed by atoms with E-state index in [1.165, 1.54) is 12.1 Å². The molecule has 0 amide bonds. The van der Waals surface area contributed by atoms with E-state index in [1.807, 2.05) is 48.5 Å². The predicted molar refractivity (Wildman–Crippen MR) is 108 cm³/mol. The summed E-state index contributed by atoms with van der Waals surface area (Å²) in [5.41, 5.74) is 1.53. The van der Waals surface area contributed by atoms with Crippen molar-refractivity contribution in [1.29, 1.82) is 0 Å². The van der Waals surface area contributed by atoms with E-state index in [2.05, 4.69) is 11.1 Å². The molecule has 4 heteroatoms. The average Bonchev–Trinajstić information content (AvgIpc) is 3.08. The number of fused-ring (bicyclic) bond motifs is 2. The van der Waals surface area contributed by atoms with Crippen molar-refractivity contribution < 1.29 is 13.9 Å². The Balaban J connectivity index is 1.72. The molecule has 1 heterocycles. The molecule has 5 rings (SSSR count). The molecule has 134 valence electrons. The number of nitrogens with zero attached hydrogens (tertiary/aromatic N) is 1. The smallest absolute Gasteiger partial charge is 0.363 e. The van der Waals surface area contributed by atoms with Crippen LogP contribution in [0.25, 0.3) is 27.6 Å². The monoisotopic (exact) mass is 367 g/mol. The molecular weight excluding hydrogens is 353 g/mol. The Morgan fingerprint density at radius 1 is 0.821 bits per heavy atom. The molecule has 0 atom stereocenters. The fraction of sp³-hybridized carbons (Fsp3) is 0. The van der Waals surface area contributed by atoms with Gasteiger partial charge in [-0.3, -0.25) is 0 Å². The van der Waals surface area contributed by atoms with Crippen LogP contribution in [0, 0.1) is 5.82 Å². The summed E-state index contributed by atoms with van der Waals surface area (Å²) in [4.78, 5) is 16.7. The molecule has 0 saturated heterocycles. The van der Waals surface area contributed by atoms with E-state index in [0.29, 0.717) is 5.56 Å². The second-order valence-corrected chi connectivity index (χ2v) is 6.58. The molecule has 0 aliphatic carbocycles. The molecule has 0 bridgehead atoms. The number of rotatable bonds is 2. The van der Waals surface area contributed by atoms with E-state index >= 15 is 0 Å². The van der Waals surface area contributed by atoms with Gasteiger partial charge in [0.25, 0.3) is 0 Å². The largest absolute Gasteiger partial charge is 0.402 e. The summed E-state index contributed by atoms with van der Waals surface area (Å²) in [5, 5.41) is 4.20. The lowest BCUT2D eigenvalue weighted by atomic mass is 9.96. The van der Waals surface area contributed by atoms with Crippen LogP contribution < -0.4 is 0 Å². The number of hydrogen-bond acceptors (Lipinski definition) is 3. The molecule has 1 aliphatic heterocycles. The van der Waals surface area contributed by atoms with E-state index in [9.17, 15) is 9.18 Å². The number of carbonyl (C=O) groups excluding carboxylic acids is 1. The third-order valence-electron chi connectivity index (χ3n) is 4.79. The molecule has 3 nitrogen and oxygen atoms in total. The van der Waals surface area contributed by atoms with Crippen molar-refractivity contribution in [3.05, 3.63) is 102 Å². The SMILES string of the molecule is O=C1OC(c2cccc(F)c2)=N/C1=C/c1c2ccccc2cc2ccccc12. The van der Waals surface area contributed by atoms with Gasteiger partial charge in [0.15, 0.2) is 5.70 Å². The van der Waals surface area contributed by atoms with Gasteiger partial charge in [-0.05, 0) is 57.4 Å². The van der Waals surface area contributed by atoms with E-state index < -0.39 is 11.8 Å². The van der Waals surface area contributed by atoms with E-state index in [4.69, 9.17) is 4.74 Å². The molecule has 0 saturated carbocycles. The number of esters is 1. The standard InChI is InChI=1S/C24H14FNO2/c25-18-9-5-8-17(13-18)23-26-22(24(27)28-23)14-21-19-10-3-1-6-15(19)12-16-7-2-4-11-20(16)21/h1-14H/b22-14+. The first-order valence-electron chi connectivity index (χ1n) is 8.88. The number of benzene rings is 4. The zero-order valence-corrected chi connectivity index (χ0v) is 14.7. The molecule has 4 aromatic rings. The van der Waals surface area contributed by atoms with Gasteiger partial charge in [-0.25, -0.2) is 14.2 Å². The summed E-state index contributed by atoms with van der Waals surface area (Å²) in [6, 6.07) is 24.0. The van der Waals surface area contributed by atoms with E-state index in [0.717, 1.165) is 27.1 Å². The van der Waals surface area contributed by atoms with Gasteiger partial charge in [0.1, 0.15) is 5.82 Å². The number of cyclic esters (lactones) is 1. The van der Waals surface area contributed by atoms with Crippen LogP contribution in [-0.4, -0.2) is 11.9 Å². The summed E-state index contributed by atoms with van der Waals surface area (Å²) < 4.78 is 18.8. The van der Waals surface area contributed by atoms with Gasteiger partial charge in [-0.15, -0.1) is 0 Å². The number of carbonyl (C=O) groups is 1. The maximum atomic E-state index is 13.5. The van der Waals surface area contributed by atoms with Crippen LogP contribution in [0.4, 0.5) is 4.39 Å². The Labute approximate surface area is 160 Å². The molecule has 1 aliphatic rings. The molecule has 0 fully saturated rings. The Hall–Kier alpha value is -3.79. The lowest BCUT2D eigenvalue weighted by Gasteiger charge is -2.08. The van der Waals surface area contributed by atoms with Crippen molar-refractivity contribution in [1.82, 2.24) is 0 Å². The summed E-state index contributed by atoms with van der Waals surface area (Å²) >= 11 is 0. The zero-order valence-electron chi connectivity index (χ0n) is 14.7. The summed E-state index contributed by atoms with van der Waals surface area (Å²) in [5.74, 6) is -0.842. The zero-order chi connectivity index (χ0) is 19.1. The Morgan fingerprint density at radius 3 is 2.18 bits per heavy atom. The van der Waals surface area contributed by atoms with Crippen LogP contribution in [0.15, 0.2) is 89.6 Å². The minimum Gasteiger partial charge on any atom is -0.402 e. The van der Waals surface area contributed by atoms with Gasteiger partial charge in [0, 0.05) is 5.56 Å². The van der Waals surface area contributed by atoms with Gasteiger partial charge in [0.05, 0.1) is 0 Å². The number of aliphatic imine (C=N–C) groups is 1. The van der Waals surface area contributed by atoms with Crippen LogP contribution in [0.2, 0.25) is 0 Å². The van der Waals surface area contributed by atoms with Crippen molar-refractivity contribution in [2.45, 2.75) is 0 Å². The van der Waals surface area contributed by atoms with Crippen LogP contribution in [0.3, 0.4) is 0 Å². The van der Waals surface area contributed by atoms with Crippen molar-refractivity contribution in [3.63, 3.8) is 0 Å². The van der Waals surface area contributed by atoms with Gasteiger partial charge < -0.3 is 4.74 Å². The number of halogens is 1. The first kappa shape index (κ1) is 16.4. The third kappa shape index (κ3) is 2.76. The van der Waals surface area contributed by atoms with Gasteiger partial charge in [0.2, 0.25) is 5.90 Å². The number of hydrogen-bond donors (Lipinski definition) is 0. The topological polar surface area (TPSA) is 38.7 Å². The minimum absolute atomic E-state index is 0.111. The maximum absolute atomic E-state index is 13.5. The first-order chi connectivity index (χ1) is 13.7. The summed E-state index contributed by atoms with van der Waals surface area (Å²) in [6.45, 7) is 0. The Kier molecular flexibility index (Phi) is 3.76. The summed E-state index contributed by atoms with van der Waals surface area (Å²) in [7, 11) is 0. The van der Waals surface area contributed by atoms with Crippen LogP contribution >= 0.6 is 0 Å². The average molecular weight is 367 g/mol. The lowest BCUT2D eigenvalue weighted by Crippen LogP contribution is -2.05. The van der Waals surface area contributed by atoms with Gasteiger partial charge >= 0.3 is 5.97 Å². The Morgan fingerprint density at radius 2 is 1.50 bits per heavy atom. The fourth-order valence-corrected chi connectivity index (χ4v) is 3.50. The highest BCUT2D eigenvalue weighted by molar-refractivity contribution is 6.15. The summed E-state index contributed by atoms with van der Waals surface area (Å²) in [6.07, 6.45) is 1.75. The predicted octanol–water partition coefficient (Wildman–Crippen LogP) is 5.48. The molecule has 0 unspecified atom stereocenters. The molecule has 4 aromatic carbocycles. The highest BCUT2D eigenvalue weighted by atomic mass is 19.1. The van der Waals surface area contributed by atoms with Crippen LogP contribution in [-0.2, 0) is 9.53 Å². The highest BCUT2D eigenvalue weighted by Gasteiger charge is 2.25. The molecule has 28 heavy (non-hydrogen) atoms. The second-order valence-electron chi connectivity index (χ2n) is 6.58. The van der Waals surface area contributed by atoms with Crippen LogP contribution in [0.1, 0.15) is 11.1 Å². The van der Waals surface area contributed by atoms with Crippen molar-refractivity contribution >= 4 is 39.5 Å². The first-order valence-corrected chi connectivity index (χ1v) is 8.88. The minimum atomic E-state index is -0.545. The molecular formula is C24H14FNO2. The normalized spacial score (nSPS) is 15.2. The highest BCUT2D eigenvalue weighted by Crippen LogP contribution is 2.31. The quantitative estimate of drug-likeness (QED) is 0.267. The third-order valence-corrected chi connectivity index (χ3v) is 4.79. The second kappa shape index (κ2) is 6.43. The van der Waals surface area contributed by atoms with Gasteiger partial charge in [-0.1, -0.05) is 54.6 Å². The molecule has 0 radical (unpaired) electrons. The maximum Gasteiger partial charge on any atom is 0.363 e. The number of ether oxygens (including phenoxy) is 1. The van der Waals surface area contributed by atoms with Crippen molar-refractivity contribution in [3.8, 4) is 0 Å². The van der Waals surface area contributed by atoms with Crippen molar-refractivity contribution in [2.24, 2.45) is 4.99 Å². The molecule has 0 aromatic heterocycles. The fourth-order valence-electron chi connectivity index (χ4n) is 3.50. The van der Waals surface area contributed by atoms with Crippen molar-refractivity contribution in [2.75, 3.05) is 0 Å². The molecule has 0 N–H and O–H groups in total. The molecule has 0 spiro atoms. The van der Waals surface area contributed by atoms with Crippen LogP contribution in [0.5, 0.6) is 0 Å².